The molecule has 0 aliphatic carbocycles. The molecule has 1 heterocycles. The maximum Gasteiger partial charge on any atom is 0.326 e. The first kappa shape index (κ1) is 17.0. The van der Waals surface area contributed by atoms with Gasteiger partial charge in [-0.05, 0) is 18.6 Å². The first-order chi connectivity index (χ1) is 10.5. The molecule has 0 radical (unpaired) electrons. The van der Waals surface area contributed by atoms with Crippen molar-refractivity contribution in [1.82, 2.24) is 4.90 Å². The molecule has 4 atom stereocenters. The van der Waals surface area contributed by atoms with E-state index in [0.717, 1.165) is 0 Å². The van der Waals surface area contributed by atoms with Crippen LogP contribution in [0.1, 0.15) is 13.3 Å². The van der Waals surface area contributed by atoms with Crippen molar-refractivity contribution in [3.63, 3.8) is 0 Å². The number of nitrogens with zero attached hydrogens (tertiary/aromatic N) is 1. The molecule has 1 aliphatic heterocycles. The van der Waals surface area contributed by atoms with Gasteiger partial charge < -0.3 is 10.0 Å². The summed E-state index contributed by atoms with van der Waals surface area (Å²) >= 11 is 4.09. The molecule has 0 bridgehead atoms. The maximum absolute atomic E-state index is 12.6. The highest BCUT2D eigenvalue weighted by atomic mass is 32.2. The molecule has 1 aromatic rings. The van der Waals surface area contributed by atoms with Gasteiger partial charge in [0.15, 0.2) is 0 Å². The first-order valence-electron chi connectivity index (χ1n) is 7.05. The van der Waals surface area contributed by atoms with Crippen molar-refractivity contribution < 1.29 is 18.9 Å². The Bertz CT molecular complexity index is 578. The third-order valence-electron chi connectivity index (χ3n) is 3.80. The fraction of sp³-hybridized carbons (Fsp3) is 0.467. The zero-order valence-corrected chi connectivity index (χ0v) is 13.9. The average molecular weight is 341 g/mol. The van der Waals surface area contributed by atoms with Crippen molar-refractivity contribution in [2.24, 2.45) is 5.92 Å². The number of carbonyl (C=O) groups excluding carboxylic acids is 1. The molecule has 1 saturated heterocycles. The van der Waals surface area contributed by atoms with E-state index in [1.54, 1.807) is 31.2 Å². The normalized spacial score (nSPS) is 24.0. The van der Waals surface area contributed by atoms with E-state index in [2.05, 4.69) is 12.6 Å². The van der Waals surface area contributed by atoms with Crippen LogP contribution in [0.4, 0.5) is 0 Å². The summed E-state index contributed by atoms with van der Waals surface area (Å²) in [4.78, 5) is 25.7. The number of carboxylic acid groups (broad SMARTS) is 1. The quantitative estimate of drug-likeness (QED) is 0.794. The Labute approximate surface area is 137 Å². The monoisotopic (exact) mass is 341 g/mol. The Morgan fingerprint density at radius 1 is 1.41 bits per heavy atom. The molecule has 5 nitrogen and oxygen atoms in total. The molecule has 1 amide bonds. The molecule has 0 spiro atoms. The molecule has 0 saturated carbocycles. The molecular weight excluding hydrogens is 322 g/mol. The van der Waals surface area contributed by atoms with E-state index in [1.165, 1.54) is 4.90 Å². The Kier molecular flexibility index (Phi) is 5.63. The topological polar surface area (TPSA) is 74.7 Å². The summed E-state index contributed by atoms with van der Waals surface area (Å²) in [5.41, 5.74) is 0. The second kappa shape index (κ2) is 7.28. The minimum absolute atomic E-state index is 0.204. The average Bonchev–Trinajstić information content (AvgIpc) is 2.99. The number of benzene rings is 1. The van der Waals surface area contributed by atoms with Crippen LogP contribution in [0, 0.1) is 5.92 Å². The van der Waals surface area contributed by atoms with Gasteiger partial charge in [-0.2, -0.15) is 12.6 Å². The molecule has 1 aliphatic rings. The van der Waals surface area contributed by atoms with Gasteiger partial charge in [0.25, 0.3) is 0 Å². The summed E-state index contributed by atoms with van der Waals surface area (Å²) in [6.07, 6.45) is 0.210. The van der Waals surface area contributed by atoms with Crippen molar-refractivity contribution in [3.8, 4) is 0 Å². The van der Waals surface area contributed by atoms with Crippen molar-refractivity contribution in [2.75, 3.05) is 12.3 Å². The lowest BCUT2D eigenvalue weighted by Gasteiger charge is -2.24. The summed E-state index contributed by atoms with van der Waals surface area (Å²) in [5.74, 6) is -1.29. The number of carbonyl (C=O) groups is 2. The Hall–Kier alpha value is -1.34. The molecule has 2 rings (SSSR count). The van der Waals surface area contributed by atoms with Crippen LogP contribution in [0.5, 0.6) is 0 Å². The van der Waals surface area contributed by atoms with Crippen LogP contribution in [0.25, 0.3) is 0 Å². The molecule has 0 aromatic heterocycles. The van der Waals surface area contributed by atoms with Crippen LogP contribution in [-0.2, 0) is 20.4 Å². The van der Waals surface area contributed by atoms with Crippen LogP contribution < -0.4 is 0 Å². The SMILES string of the molecule is C[C@H](CS)C(=O)N1C[C@@H](S(=O)c2ccccc2)C[C@H]1C(=O)O. The molecular formula is C15H19NO4S2. The summed E-state index contributed by atoms with van der Waals surface area (Å²) in [5, 5.41) is 8.98. The van der Waals surface area contributed by atoms with Crippen LogP contribution >= 0.6 is 12.6 Å². The van der Waals surface area contributed by atoms with Crippen molar-refractivity contribution >= 4 is 35.3 Å². The number of hydrogen-bond acceptors (Lipinski definition) is 4. The Morgan fingerprint density at radius 2 is 2.05 bits per heavy atom. The van der Waals surface area contributed by atoms with Crippen LogP contribution in [-0.4, -0.2) is 49.7 Å². The lowest BCUT2D eigenvalue weighted by molar-refractivity contribution is -0.149. The summed E-state index contributed by atoms with van der Waals surface area (Å²) in [6.45, 7) is 1.92. The lowest BCUT2D eigenvalue weighted by atomic mass is 10.1. The van der Waals surface area contributed by atoms with Crippen LogP contribution in [0.2, 0.25) is 0 Å². The second-order valence-electron chi connectivity index (χ2n) is 5.40. The van der Waals surface area contributed by atoms with Gasteiger partial charge in [-0.25, -0.2) is 4.79 Å². The van der Waals surface area contributed by atoms with Gasteiger partial charge in [0, 0.05) is 23.1 Å². The van der Waals surface area contributed by atoms with Crippen molar-refractivity contribution in [2.45, 2.75) is 29.5 Å². The minimum Gasteiger partial charge on any atom is -0.480 e. The van der Waals surface area contributed by atoms with E-state index in [-0.39, 0.29) is 30.0 Å². The third kappa shape index (κ3) is 3.52. The molecule has 7 heteroatoms. The zero-order valence-electron chi connectivity index (χ0n) is 12.2. The largest absolute Gasteiger partial charge is 0.480 e. The number of hydrogen-bond donors (Lipinski definition) is 2. The third-order valence-corrected chi connectivity index (χ3v) is 6.04. The molecule has 1 N–H and O–H groups in total. The van der Waals surface area contributed by atoms with E-state index >= 15 is 0 Å². The molecule has 22 heavy (non-hydrogen) atoms. The Balaban J connectivity index is 2.19. The molecule has 1 aromatic carbocycles. The van der Waals surface area contributed by atoms with Crippen LogP contribution in [0.15, 0.2) is 35.2 Å². The van der Waals surface area contributed by atoms with Gasteiger partial charge in [-0.15, -0.1) is 0 Å². The molecule has 120 valence electrons. The van der Waals surface area contributed by atoms with Gasteiger partial charge >= 0.3 is 5.97 Å². The zero-order chi connectivity index (χ0) is 16.3. The number of amides is 1. The standard InChI is InChI=1S/C15H19NO4S2/c1-10(9-21)14(17)16-8-12(7-13(16)15(18)19)22(20)11-5-3-2-4-6-11/h2-6,10,12-13,21H,7-9H2,1H3,(H,18,19)/t10-,12+,13+,22?/m1/s1. The summed E-state index contributed by atoms with van der Waals surface area (Å²) < 4.78 is 12.6. The predicted molar refractivity (Wildman–Crippen MR) is 87.4 cm³/mol. The summed E-state index contributed by atoms with van der Waals surface area (Å²) in [7, 11) is -1.32. The number of carboxylic acids is 1. The lowest BCUT2D eigenvalue weighted by Crippen LogP contribution is -2.43. The highest BCUT2D eigenvalue weighted by Crippen LogP contribution is 2.27. The predicted octanol–water partition coefficient (Wildman–Crippen LogP) is 1.41. The van der Waals surface area contributed by atoms with Gasteiger partial charge in [0.2, 0.25) is 5.91 Å². The fourth-order valence-corrected chi connectivity index (χ4v) is 4.16. The maximum atomic E-state index is 12.6. The second-order valence-corrected chi connectivity index (χ2v) is 7.49. The first-order valence-corrected chi connectivity index (χ1v) is 8.90. The van der Waals surface area contributed by atoms with Crippen molar-refractivity contribution in [3.05, 3.63) is 30.3 Å². The molecule has 1 unspecified atom stereocenters. The van der Waals surface area contributed by atoms with Gasteiger partial charge in [-0.3, -0.25) is 9.00 Å². The highest BCUT2D eigenvalue weighted by Gasteiger charge is 2.43. The number of aliphatic carboxylic acids is 1. The smallest absolute Gasteiger partial charge is 0.326 e. The van der Waals surface area contributed by atoms with Crippen LogP contribution in [0.3, 0.4) is 0 Å². The van der Waals surface area contributed by atoms with Gasteiger partial charge in [0.05, 0.1) is 16.0 Å². The Morgan fingerprint density at radius 3 is 2.59 bits per heavy atom. The van der Waals surface area contributed by atoms with Crippen molar-refractivity contribution in [1.29, 1.82) is 0 Å². The van der Waals surface area contributed by atoms with Gasteiger partial charge in [-0.1, -0.05) is 25.1 Å². The van der Waals surface area contributed by atoms with E-state index in [0.29, 0.717) is 10.6 Å². The number of rotatable bonds is 5. The van der Waals surface area contributed by atoms with E-state index in [1.807, 2.05) is 6.07 Å². The minimum atomic E-state index is -1.32. The molecule has 1 fully saturated rings. The fourth-order valence-electron chi connectivity index (χ4n) is 2.54. The summed E-state index contributed by atoms with van der Waals surface area (Å²) in [6, 6.07) is 8.03. The van der Waals surface area contributed by atoms with Gasteiger partial charge in [0.1, 0.15) is 6.04 Å². The van der Waals surface area contributed by atoms with E-state index < -0.39 is 22.8 Å². The number of thiol groups is 1. The van der Waals surface area contributed by atoms with E-state index in [9.17, 15) is 18.9 Å². The number of likely N-dealkylation sites (tertiary alicyclic amines) is 1. The van der Waals surface area contributed by atoms with E-state index in [4.69, 9.17) is 0 Å². The highest BCUT2D eigenvalue weighted by molar-refractivity contribution is 7.85.